The molecule has 0 radical (unpaired) electrons. The molecule has 0 unspecified atom stereocenters. The maximum absolute atomic E-state index is 8.45. The fourth-order valence-corrected chi connectivity index (χ4v) is 1.58. The highest BCUT2D eigenvalue weighted by atomic mass is 16.5. The number of hydrogen-bond donors (Lipinski definition) is 0. The fourth-order valence-electron chi connectivity index (χ4n) is 1.58. The van der Waals surface area contributed by atoms with Crippen molar-refractivity contribution in [2.24, 2.45) is 5.11 Å². The summed E-state index contributed by atoms with van der Waals surface area (Å²) in [6.45, 7) is 6.07. The topological polar surface area (TPSA) is 102 Å². The van der Waals surface area contributed by atoms with Crippen LogP contribution in [-0.4, -0.2) is 26.6 Å². The maximum Gasteiger partial charge on any atom is 0.245 e. The molecule has 0 aliphatic heterocycles. The second-order valence-electron chi connectivity index (χ2n) is 4.68. The molecule has 8 nitrogen and oxygen atoms in total. The molecule has 2 aromatic heterocycles. The molecule has 0 bridgehead atoms. The predicted octanol–water partition coefficient (Wildman–Crippen LogP) is 2.53. The van der Waals surface area contributed by atoms with E-state index < -0.39 is 0 Å². The van der Waals surface area contributed by atoms with E-state index in [1.807, 2.05) is 25.3 Å². The highest BCUT2D eigenvalue weighted by Gasteiger charge is 2.20. The van der Waals surface area contributed by atoms with Gasteiger partial charge in [-0.15, -0.1) is 0 Å². The number of rotatable bonds is 2. The molecule has 0 amide bonds. The van der Waals surface area contributed by atoms with E-state index in [4.69, 9.17) is 10.3 Å². The number of aromatic nitrogens is 4. The van der Waals surface area contributed by atoms with Gasteiger partial charge in [-0.3, -0.25) is 0 Å². The number of methoxy groups -OCH3 is 1. The van der Waals surface area contributed by atoms with Gasteiger partial charge in [-0.25, -0.2) is 9.97 Å². The van der Waals surface area contributed by atoms with E-state index in [1.165, 1.54) is 7.11 Å². The Morgan fingerprint density at radius 1 is 1.39 bits per heavy atom. The fraction of sp³-hybridized carbons (Fsp3) is 0.500. The molecule has 0 spiro atoms. The minimum Gasteiger partial charge on any atom is -0.479 e. The number of fused-ring (bicyclic) bond motifs is 1. The largest absolute Gasteiger partial charge is 0.479 e. The van der Waals surface area contributed by atoms with Gasteiger partial charge in [0.05, 0.1) is 13.4 Å². The number of imidazole rings is 1. The third kappa shape index (κ3) is 1.93. The molecule has 2 rings (SSSR count). The zero-order chi connectivity index (χ0) is 13.3. The van der Waals surface area contributed by atoms with Crippen molar-refractivity contribution in [3.8, 4) is 5.88 Å². The van der Waals surface area contributed by atoms with Gasteiger partial charge in [0.1, 0.15) is 0 Å². The first-order chi connectivity index (χ1) is 8.47. The maximum atomic E-state index is 8.45. The Morgan fingerprint density at radius 3 is 2.67 bits per heavy atom. The molecule has 0 saturated heterocycles. The van der Waals surface area contributed by atoms with Gasteiger partial charge >= 0.3 is 0 Å². The smallest absolute Gasteiger partial charge is 0.245 e. The van der Waals surface area contributed by atoms with Crippen LogP contribution in [0.3, 0.4) is 0 Å². The number of nitrogens with zero attached hydrogens (tertiary/aromatic N) is 7. The Morgan fingerprint density at radius 2 is 2.11 bits per heavy atom. The summed E-state index contributed by atoms with van der Waals surface area (Å²) >= 11 is 0. The molecule has 2 aromatic rings. The predicted molar refractivity (Wildman–Crippen MR) is 65.7 cm³/mol. The molecule has 0 fully saturated rings. The van der Waals surface area contributed by atoms with Crippen LogP contribution in [0.1, 0.15) is 20.8 Å². The molecule has 0 aromatic carbocycles. The molecule has 0 aliphatic rings. The van der Waals surface area contributed by atoms with Crippen LogP contribution in [0.5, 0.6) is 5.88 Å². The minimum absolute atomic E-state index is 0.0212. The normalized spacial score (nSPS) is 11.3. The van der Waals surface area contributed by atoms with Crippen LogP contribution in [0, 0.1) is 0 Å². The van der Waals surface area contributed by atoms with Crippen molar-refractivity contribution >= 4 is 17.1 Å². The van der Waals surface area contributed by atoms with Crippen molar-refractivity contribution < 1.29 is 4.74 Å². The average molecular weight is 247 g/mol. The average Bonchev–Trinajstić information content (AvgIpc) is 2.71. The summed E-state index contributed by atoms with van der Waals surface area (Å²) in [6, 6.07) is 0. The Kier molecular flexibility index (Phi) is 2.80. The van der Waals surface area contributed by atoms with E-state index >= 15 is 0 Å². The van der Waals surface area contributed by atoms with Gasteiger partial charge in [-0.1, -0.05) is 0 Å². The van der Waals surface area contributed by atoms with Crippen LogP contribution in [-0.2, 0) is 5.54 Å². The van der Waals surface area contributed by atoms with Crippen LogP contribution < -0.4 is 4.74 Å². The number of hydrogen-bond acceptors (Lipinski definition) is 5. The Balaban J connectivity index is 2.79. The van der Waals surface area contributed by atoms with Gasteiger partial charge in [-0.05, 0) is 31.4 Å². The quantitative estimate of drug-likeness (QED) is 0.462. The summed E-state index contributed by atoms with van der Waals surface area (Å²) in [7, 11) is 1.48. The van der Waals surface area contributed by atoms with Crippen LogP contribution in [0.2, 0.25) is 0 Å². The lowest BCUT2D eigenvalue weighted by molar-refractivity contribution is 0.399. The summed E-state index contributed by atoms with van der Waals surface area (Å²) in [6.07, 6.45) is 1.67. The third-order valence-corrected chi connectivity index (χ3v) is 2.40. The van der Waals surface area contributed by atoms with E-state index in [0.717, 1.165) is 0 Å². The van der Waals surface area contributed by atoms with E-state index in [-0.39, 0.29) is 11.5 Å². The molecular formula is C10H13N7O. The van der Waals surface area contributed by atoms with E-state index in [9.17, 15) is 0 Å². The Hall–Kier alpha value is -2.34. The minimum atomic E-state index is -0.193. The zero-order valence-electron chi connectivity index (χ0n) is 10.6. The molecule has 0 aliphatic carbocycles. The molecule has 2 heterocycles. The number of azide groups is 1. The van der Waals surface area contributed by atoms with Crippen LogP contribution >= 0.6 is 0 Å². The zero-order valence-corrected chi connectivity index (χ0v) is 10.6. The Bertz CT molecular complexity index is 633. The first kappa shape index (κ1) is 12.1. The van der Waals surface area contributed by atoms with Crippen molar-refractivity contribution in [2.45, 2.75) is 26.3 Å². The molecule has 94 valence electrons. The van der Waals surface area contributed by atoms with Crippen LogP contribution in [0.15, 0.2) is 11.4 Å². The second-order valence-corrected chi connectivity index (χ2v) is 4.68. The highest BCUT2D eigenvalue weighted by molar-refractivity contribution is 5.77. The standard InChI is InChI=1S/C10H13N7O/c1-10(2,3)17-5-12-6-7(17)13-9(15-16-11)14-8(6)18-4/h5H,1-4H3. The summed E-state index contributed by atoms with van der Waals surface area (Å²) < 4.78 is 7.01. The van der Waals surface area contributed by atoms with Gasteiger partial charge < -0.3 is 9.30 Å². The van der Waals surface area contributed by atoms with Crippen LogP contribution in [0.4, 0.5) is 5.95 Å². The molecule has 18 heavy (non-hydrogen) atoms. The molecule has 0 saturated carbocycles. The Labute approximate surface area is 103 Å². The lowest BCUT2D eigenvalue weighted by atomic mass is 10.1. The van der Waals surface area contributed by atoms with Gasteiger partial charge in [0, 0.05) is 10.5 Å². The van der Waals surface area contributed by atoms with E-state index in [2.05, 4.69) is 25.0 Å². The summed E-state index contributed by atoms with van der Waals surface area (Å²) in [4.78, 5) is 15.1. The van der Waals surface area contributed by atoms with Crippen molar-refractivity contribution in [3.05, 3.63) is 16.8 Å². The monoisotopic (exact) mass is 247 g/mol. The van der Waals surface area contributed by atoms with Gasteiger partial charge in [0.25, 0.3) is 0 Å². The summed E-state index contributed by atoms with van der Waals surface area (Å²) in [5, 5.41) is 3.41. The number of ether oxygens (including phenoxy) is 1. The van der Waals surface area contributed by atoms with Crippen molar-refractivity contribution in [1.82, 2.24) is 19.5 Å². The van der Waals surface area contributed by atoms with Crippen LogP contribution in [0.25, 0.3) is 21.6 Å². The highest BCUT2D eigenvalue weighted by Crippen LogP contribution is 2.27. The summed E-state index contributed by atoms with van der Waals surface area (Å²) in [5.41, 5.74) is 9.38. The van der Waals surface area contributed by atoms with Gasteiger partial charge in [0.15, 0.2) is 11.2 Å². The molecular weight excluding hydrogens is 234 g/mol. The van der Waals surface area contributed by atoms with Gasteiger partial charge in [-0.2, -0.15) is 4.98 Å². The molecule has 8 heteroatoms. The first-order valence-electron chi connectivity index (χ1n) is 5.32. The van der Waals surface area contributed by atoms with Crippen molar-refractivity contribution in [1.29, 1.82) is 0 Å². The summed E-state index contributed by atoms with van der Waals surface area (Å²) in [5.74, 6) is 0.318. The molecule has 0 atom stereocenters. The lowest BCUT2D eigenvalue weighted by Gasteiger charge is -2.20. The molecule has 0 N–H and O–H groups in total. The van der Waals surface area contributed by atoms with Gasteiger partial charge in [0.2, 0.25) is 11.8 Å². The second kappa shape index (κ2) is 4.15. The van der Waals surface area contributed by atoms with E-state index in [0.29, 0.717) is 17.0 Å². The van der Waals surface area contributed by atoms with E-state index in [1.54, 1.807) is 6.33 Å². The SMILES string of the molecule is COc1nc(N=[N+]=[N-])nc2c1ncn2C(C)(C)C. The lowest BCUT2D eigenvalue weighted by Crippen LogP contribution is -2.21. The third-order valence-electron chi connectivity index (χ3n) is 2.40. The van der Waals surface area contributed by atoms with Crippen molar-refractivity contribution in [2.75, 3.05) is 7.11 Å². The first-order valence-corrected chi connectivity index (χ1v) is 5.32. The van der Waals surface area contributed by atoms with Crippen molar-refractivity contribution in [3.63, 3.8) is 0 Å².